The molecule has 0 saturated carbocycles. The highest BCUT2D eigenvalue weighted by Gasteiger charge is 2.23. The van der Waals surface area contributed by atoms with E-state index in [-0.39, 0.29) is 0 Å². The first-order valence-corrected chi connectivity index (χ1v) is 4.60. The van der Waals surface area contributed by atoms with Crippen LogP contribution in [0.25, 0.3) is 0 Å². The third-order valence-electron chi connectivity index (χ3n) is 1.76. The molecule has 0 aromatic carbocycles. The summed E-state index contributed by atoms with van der Waals surface area (Å²) in [5, 5.41) is 0. The Kier molecular flexibility index (Phi) is 2.08. The van der Waals surface area contributed by atoms with Crippen molar-refractivity contribution in [3.63, 3.8) is 0 Å². The lowest BCUT2D eigenvalue weighted by atomic mass is 10.2. The summed E-state index contributed by atoms with van der Waals surface area (Å²) in [6.45, 7) is 3.30. The van der Waals surface area contributed by atoms with Gasteiger partial charge in [0, 0.05) is 10.2 Å². The van der Waals surface area contributed by atoms with E-state index in [1.165, 1.54) is 23.1 Å². The van der Waals surface area contributed by atoms with Gasteiger partial charge in [0.2, 0.25) is 0 Å². The van der Waals surface area contributed by atoms with Crippen LogP contribution in [0.2, 0.25) is 5.54 Å². The van der Waals surface area contributed by atoms with Crippen LogP contribution in [0.15, 0.2) is 0 Å². The first-order chi connectivity index (χ1) is 3.83. The maximum Gasteiger partial charge on any atom is 0.0809 e. The minimum atomic E-state index is 0.664. The van der Waals surface area contributed by atoms with Gasteiger partial charge in [-0.1, -0.05) is 18.9 Å². The van der Waals surface area contributed by atoms with E-state index in [9.17, 15) is 0 Å². The second kappa shape index (κ2) is 2.64. The number of rotatable bonds is 3. The second-order valence-corrected chi connectivity index (χ2v) is 4.34. The van der Waals surface area contributed by atoms with E-state index in [2.05, 4.69) is 6.92 Å². The molecule has 0 amide bonds. The van der Waals surface area contributed by atoms with E-state index in [1.807, 2.05) is 0 Å². The van der Waals surface area contributed by atoms with E-state index >= 15 is 0 Å². The van der Waals surface area contributed by atoms with Gasteiger partial charge in [0.15, 0.2) is 0 Å². The molecule has 0 bridgehead atoms. The Morgan fingerprint density at radius 1 is 1.88 bits per heavy atom. The molecule has 1 saturated heterocycles. The van der Waals surface area contributed by atoms with Crippen LogP contribution in [0.3, 0.4) is 0 Å². The smallest absolute Gasteiger partial charge is 0.0809 e. The zero-order chi connectivity index (χ0) is 5.98. The molecule has 1 aliphatic rings. The first-order valence-electron chi connectivity index (χ1n) is 3.44. The Balaban J connectivity index is 1.98. The highest BCUT2D eigenvalue weighted by Crippen LogP contribution is 2.22. The van der Waals surface area contributed by atoms with Crippen LogP contribution >= 0.6 is 0 Å². The van der Waals surface area contributed by atoms with Crippen molar-refractivity contribution >= 4 is 10.2 Å². The standard InChI is InChI=1S/C6H14OSi/c1-2-6(8)3-5-4-7-5/h5-6H,2-4H2,1,8H3. The fraction of sp³-hybridized carbons (Fsp3) is 1.00. The summed E-state index contributed by atoms with van der Waals surface area (Å²) in [6.07, 6.45) is 3.35. The first kappa shape index (κ1) is 6.30. The number of ether oxygens (including phenoxy) is 1. The molecule has 1 nitrogen and oxygen atoms in total. The summed E-state index contributed by atoms with van der Waals surface area (Å²) >= 11 is 0. The third kappa shape index (κ3) is 1.97. The summed E-state index contributed by atoms with van der Waals surface area (Å²) in [7, 11) is 1.35. The number of epoxide rings is 1. The van der Waals surface area contributed by atoms with Gasteiger partial charge in [0.1, 0.15) is 0 Å². The maximum absolute atomic E-state index is 5.10. The number of hydrogen-bond donors (Lipinski definition) is 0. The van der Waals surface area contributed by atoms with Crippen molar-refractivity contribution in [2.24, 2.45) is 0 Å². The molecule has 48 valence electrons. The molecular weight excluding hydrogens is 116 g/mol. The van der Waals surface area contributed by atoms with Gasteiger partial charge in [-0.05, 0) is 6.42 Å². The second-order valence-electron chi connectivity index (χ2n) is 2.70. The molecule has 1 fully saturated rings. The molecule has 0 aliphatic carbocycles. The maximum atomic E-state index is 5.10. The average molecular weight is 130 g/mol. The predicted molar refractivity (Wildman–Crippen MR) is 38.3 cm³/mol. The third-order valence-corrected chi connectivity index (χ3v) is 3.05. The fourth-order valence-corrected chi connectivity index (χ4v) is 1.35. The zero-order valence-corrected chi connectivity index (χ0v) is 7.68. The molecule has 0 spiro atoms. The number of hydrogen-bond acceptors (Lipinski definition) is 1. The van der Waals surface area contributed by atoms with Crippen LogP contribution in [0, 0.1) is 0 Å². The molecule has 1 heterocycles. The average Bonchev–Trinajstić information content (AvgIpc) is 2.50. The van der Waals surface area contributed by atoms with Crippen LogP contribution in [0.1, 0.15) is 19.8 Å². The molecule has 0 radical (unpaired) electrons. The van der Waals surface area contributed by atoms with E-state index in [1.54, 1.807) is 0 Å². The highest BCUT2D eigenvalue weighted by molar-refractivity contribution is 6.11. The van der Waals surface area contributed by atoms with Crippen molar-refractivity contribution in [3.8, 4) is 0 Å². The Bertz CT molecular complexity index is 70.9. The summed E-state index contributed by atoms with van der Waals surface area (Å²) < 4.78 is 5.10. The van der Waals surface area contributed by atoms with E-state index in [0.717, 1.165) is 12.1 Å². The van der Waals surface area contributed by atoms with Crippen molar-refractivity contribution in [1.29, 1.82) is 0 Å². The molecule has 2 unspecified atom stereocenters. The Morgan fingerprint density at radius 2 is 2.50 bits per heavy atom. The lowest BCUT2D eigenvalue weighted by Crippen LogP contribution is -1.94. The van der Waals surface area contributed by atoms with Crippen LogP contribution < -0.4 is 0 Å². The van der Waals surface area contributed by atoms with E-state index in [4.69, 9.17) is 4.74 Å². The van der Waals surface area contributed by atoms with Crippen molar-refractivity contribution < 1.29 is 4.74 Å². The van der Waals surface area contributed by atoms with Gasteiger partial charge in [-0.25, -0.2) is 0 Å². The van der Waals surface area contributed by atoms with Crippen LogP contribution in [-0.4, -0.2) is 23.0 Å². The molecule has 2 heteroatoms. The Labute approximate surface area is 53.8 Å². The monoisotopic (exact) mass is 130 g/mol. The molecule has 1 rings (SSSR count). The Hall–Kier alpha value is 0.177. The Morgan fingerprint density at radius 3 is 2.88 bits per heavy atom. The summed E-state index contributed by atoms with van der Waals surface area (Å²) in [4.78, 5) is 0. The van der Waals surface area contributed by atoms with Crippen LogP contribution in [-0.2, 0) is 4.74 Å². The summed E-state index contributed by atoms with van der Waals surface area (Å²) in [6, 6.07) is 0. The van der Waals surface area contributed by atoms with Gasteiger partial charge in [0.25, 0.3) is 0 Å². The van der Waals surface area contributed by atoms with Crippen LogP contribution in [0.5, 0.6) is 0 Å². The molecule has 8 heavy (non-hydrogen) atoms. The topological polar surface area (TPSA) is 12.5 Å². The quantitative estimate of drug-likeness (QED) is 0.396. The largest absolute Gasteiger partial charge is 0.373 e. The van der Waals surface area contributed by atoms with Crippen molar-refractivity contribution in [3.05, 3.63) is 0 Å². The summed E-state index contributed by atoms with van der Waals surface area (Å²) in [5.74, 6) is 0. The van der Waals surface area contributed by atoms with Gasteiger partial charge in [-0.2, -0.15) is 0 Å². The SMILES string of the molecule is CCC([SiH3])CC1CO1. The lowest BCUT2D eigenvalue weighted by molar-refractivity contribution is 0.391. The lowest BCUT2D eigenvalue weighted by Gasteiger charge is -2.02. The van der Waals surface area contributed by atoms with Crippen molar-refractivity contribution in [2.45, 2.75) is 31.4 Å². The molecular formula is C6H14OSi. The van der Waals surface area contributed by atoms with Gasteiger partial charge >= 0.3 is 0 Å². The highest BCUT2D eigenvalue weighted by atomic mass is 28.1. The zero-order valence-electron chi connectivity index (χ0n) is 5.68. The van der Waals surface area contributed by atoms with Gasteiger partial charge in [-0.15, -0.1) is 0 Å². The predicted octanol–water partition coefficient (Wildman–Crippen LogP) is 0.339. The molecule has 0 aromatic rings. The minimum Gasteiger partial charge on any atom is -0.373 e. The van der Waals surface area contributed by atoms with E-state index < -0.39 is 0 Å². The molecule has 0 N–H and O–H groups in total. The van der Waals surface area contributed by atoms with Crippen molar-refractivity contribution in [1.82, 2.24) is 0 Å². The normalized spacial score (nSPS) is 30.4. The summed E-state index contributed by atoms with van der Waals surface area (Å²) in [5.41, 5.74) is 1.00. The van der Waals surface area contributed by atoms with Crippen molar-refractivity contribution in [2.75, 3.05) is 6.61 Å². The van der Waals surface area contributed by atoms with Gasteiger partial charge in [-0.3, -0.25) is 0 Å². The molecule has 2 atom stereocenters. The fourth-order valence-electron chi connectivity index (χ4n) is 0.820. The molecule has 0 aromatic heterocycles. The van der Waals surface area contributed by atoms with Gasteiger partial charge < -0.3 is 4.74 Å². The van der Waals surface area contributed by atoms with E-state index in [0.29, 0.717) is 6.10 Å². The minimum absolute atomic E-state index is 0.664. The van der Waals surface area contributed by atoms with Crippen LogP contribution in [0.4, 0.5) is 0 Å². The molecule has 1 aliphatic heterocycles. The van der Waals surface area contributed by atoms with Gasteiger partial charge in [0.05, 0.1) is 12.7 Å².